The Labute approximate surface area is 219 Å². The topological polar surface area (TPSA) is 140 Å². The van der Waals surface area contributed by atoms with E-state index in [2.05, 4.69) is 37.8 Å². The fraction of sp³-hybridized carbons (Fsp3) is 0.481. The molecular formula is C27H38N6O4. The van der Waals surface area contributed by atoms with Crippen LogP contribution in [0.1, 0.15) is 55.7 Å². The largest absolute Gasteiger partial charge is 0.494 e. The summed E-state index contributed by atoms with van der Waals surface area (Å²) in [5.41, 5.74) is 7.21. The highest BCUT2D eigenvalue weighted by atomic mass is 16.5. The van der Waals surface area contributed by atoms with Gasteiger partial charge in [0.25, 0.3) is 11.8 Å². The van der Waals surface area contributed by atoms with Crippen LogP contribution in [0.3, 0.4) is 0 Å². The number of aromatic nitrogens is 2. The SMILES string of the molecule is CC#CC(=O)NCCCCOc1cccc(NC)c1.CCc1nc(C(N)=O)cnc1NC1CCOCC1. The van der Waals surface area contributed by atoms with Crippen LogP contribution in [0.25, 0.3) is 0 Å². The van der Waals surface area contributed by atoms with Crippen molar-refractivity contribution in [2.45, 2.75) is 52.0 Å². The lowest BCUT2D eigenvalue weighted by Gasteiger charge is -2.24. The Hall–Kier alpha value is -3.84. The number of anilines is 2. The lowest BCUT2D eigenvalue weighted by molar-refractivity contribution is -0.115. The summed E-state index contributed by atoms with van der Waals surface area (Å²) in [7, 11) is 1.88. The number of nitrogens with two attached hydrogens (primary N) is 1. The molecule has 1 aromatic heterocycles. The van der Waals surface area contributed by atoms with Crippen molar-refractivity contribution in [3.05, 3.63) is 41.9 Å². The molecule has 0 unspecified atom stereocenters. The molecule has 10 nitrogen and oxygen atoms in total. The van der Waals surface area contributed by atoms with Crippen LogP contribution >= 0.6 is 0 Å². The number of carbonyl (C=O) groups is 2. The molecule has 10 heteroatoms. The average molecular weight is 511 g/mol. The summed E-state index contributed by atoms with van der Waals surface area (Å²) >= 11 is 0. The van der Waals surface area contributed by atoms with Crippen molar-refractivity contribution in [1.29, 1.82) is 0 Å². The Morgan fingerprint density at radius 2 is 2.03 bits per heavy atom. The van der Waals surface area contributed by atoms with E-state index in [0.29, 0.717) is 25.6 Å². The number of aryl methyl sites for hydroxylation is 1. The van der Waals surface area contributed by atoms with Crippen LogP contribution < -0.4 is 26.4 Å². The predicted octanol–water partition coefficient (Wildman–Crippen LogP) is 2.76. The molecule has 0 radical (unpaired) electrons. The molecule has 2 aromatic rings. The van der Waals surface area contributed by atoms with E-state index in [-0.39, 0.29) is 11.6 Å². The lowest BCUT2D eigenvalue weighted by Crippen LogP contribution is -2.29. The summed E-state index contributed by atoms with van der Waals surface area (Å²) in [6.45, 7) is 6.43. The minimum Gasteiger partial charge on any atom is -0.494 e. The molecule has 1 fully saturated rings. The second-order valence-electron chi connectivity index (χ2n) is 8.26. The smallest absolute Gasteiger partial charge is 0.295 e. The molecule has 0 saturated carbocycles. The van der Waals surface area contributed by atoms with Crippen LogP contribution in [0.4, 0.5) is 11.5 Å². The fourth-order valence-corrected chi connectivity index (χ4v) is 3.47. The van der Waals surface area contributed by atoms with Crippen LogP contribution in [-0.2, 0) is 16.0 Å². The number of amides is 2. The number of benzene rings is 1. The lowest BCUT2D eigenvalue weighted by atomic mass is 10.1. The number of primary amides is 1. The fourth-order valence-electron chi connectivity index (χ4n) is 3.47. The number of hydrogen-bond donors (Lipinski definition) is 4. The van der Waals surface area contributed by atoms with Gasteiger partial charge >= 0.3 is 0 Å². The molecule has 0 bridgehead atoms. The van der Waals surface area contributed by atoms with Gasteiger partial charge in [0.05, 0.1) is 18.5 Å². The molecule has 0 aliphatic carbocycles. The molecule has 1 aliphatic heterocycles. The van der Waals surface area contributed by atoms with E-state index < -0.39 is 5.91 Å². The highest BCUT2D eigenvalue weighted by molar-refractivity contribution is 5.93. The molecule has 2 heterocycles. The van der Waals surface area contributed by atoms with Gasteiger partial charge < -0.3 is 31.2 Å². The Bertz CT molecular complexity index is 1060. The summed E-state index contributed by atoms with van der Waals surface area (Å²) in [4.78, 5) is 30.6. The van der Waals surface area contributed by atoms with E-state index in [9.17, 15) is 9.59 Å². The van der Waals surface area contributed by atoms with Gasteiger partial charge in [-0.3, -0.25) is 9.59 Å². The third-order valence-corrected chi connectivity index (χ3v) is 5.48. The number of rotatable bonds is 11. The van der Waals surface area contributed by atoms with Crippen molar-refractivity contribution >= 4 is 23.3 Å². The zero-order valence-corrected chi connectivity index (χ0v) is 21.9. The van der Waals surface area contributed by atoms with Gasteiger partial charge in [-0.25, -0.2) is 9.97 Å². The number of nitrogens with zero attached hydrogens (tertiary/aromatic N) is 2. The summed E-state index contributed by atoms with van der Waals surface area (Å²) in [6.07, 6.45) is 5.82. The number of hydrogen-bond acceptors (Lipinski definition) is 8. The van der Waals surface area contributed by atoms with E-state index in [1.54, 1.807) is 6.92 Å². The van der Waals surface area contributed by atoms with Crippen molar-refractivity contribution in [3.63, 3.8) is 0 Å². The molecule has 5 N–H and O–H groups in total. The number of nitrogens with one attached hydrogen (secondary N) is 3. The van der Waals surface area contributed by atoms with Crippen molar-refractivity contribution in [3.8, 4) is 17.6 Å². The summed E-state index contributed by atoms with van der Waals surface area (Å²) < 4.78 is 10.9. The Morgan fingerprint density at radius 1 is 1.24 bits per heavy atom. The molecule has 37 heavy (non-hydrogen) atoms. The first kappa shape index (κ1) is 29.4. The van der Waals surface area contributed by atoms with Crippen molar-refractivity contribution in [1.82, 2.24) is 15.3 Å². The minimum absolute atomic E-state index is 0.212. The minimum atomic E-state index is -0.546. The maximum absolute atomic E-state index is 11.1. The summed E-state index contributed by atoms with van der Waals surface area (Å²) in [5, 5.41) is 9.15. The average Bonchev–Trinajstić information content (AvgIpc) is 2.92. The van der Waals surface area contributed by atoms with Crippen LogP contribution in [0.5, 0.6) is 5.75 Å². The van der Waals surface area contributed by atoms with E-state index in [0.717, 1.165) is 61.8 Å². The van der Waals surface area contributed by atoms with Gasteiger partial charge in [0.15, 0.2) is 0 Å². The van der Waals surface area contributed by atoms with Crippen LogP contribution in [0.2, 0.25) is 0 Å². The molecule has 0 atom stereocenters. The second-order valence-corrected chi connectivity index (χ2v) is 8.26. The standard InChI is InChI=1S/C15H20N2O2.C12H18N4O2/c1-3-7-15(18)17-10-4-5-11-19-14-9-6-8-13(12-14)16-2;1-2-9-12(14-7-10(16-9)11(13)17)15-8-3-5-18-6-4-8/h6,8-9,12,16H,4-5,10-11H2,1-2H3,(H,17,18);7-8H,2-6H2,1H3,(H2,13,17)(H,14,15). The van der Waals surface area contributed by atoms with Crippen LogP contribution in [-0.4, -0.2) is 61.2 Å². The third-order valence-electron chi connectivity index (χ3n) is 5.48. The van der Waals surface area contributed by atoms with Crippen molar-refractivity contribution in [2.24, 2.45) is 5.73 Å². The molecule has 1 aromatic carbocycles. The first-order chi connectivity index (χ1) is 18.0. The highest BCUT2D eigenvalue weighted by Crippen LogP contribution is 2.18. The van der Waals surface area contributed by atoms with Crippen LogP contribution in [0.15, 0.2) is 30.5 Å². The van der Waals surface area contributed by atoms with Gasteiger partial charge in [0.1, 0.15) is 17.3 Å². The summed E-state index contributed by atoms with van der Waals surface area (Å²) in [5.74, 6) is 5.83. The van der Waals surface area contributed by atoms with Crippen molar-refractivity contribution < 1.29 is 19.1 Å². The van der Waals surface area contributed by atoms with Crippen molar-refractivity contribution in [2.75, 3.05) is 44.0 Å². The Kier molecular flexibility index (Phi) is 13.3. The van der Waals surface area contributed by atoms with Crippen LogP contribution in [0, 0.1) is 11.8 Å². The van der Waals surface area contributed by atoms with Gasteiger partial charge in [-0.2, -0.15) is 0 Å². The number of carbonyl (C=O) groups excluding carboxylic acids is 2. The zero-order valence-electron chi connectivity index (χ0n) is 21.9. The maximum Gasteiger partial charge on any atom is 0.295 e. The molecule has 3 rings (SSSR count). The molecule has 1 aliphatic rings. The molecule has 2 amide bonds. The molecule has 200 valence electrons. The first-order valence-electron chi connectivity index (χ1n) is 12.6. The normalized spacial score (nSPS) is 12.7. The van der Waals surface area contributed by atoms with Gasteiger partial charge in [0, 0.05) is 44.6 Å². The second kappa shape index (κ2) is 16.8. The van der Waals surface area contributed by atoms with E-state index in [4.69, 9.17) is 15.2 Å². The van der Waals surface area contributed by atoms with Gasteiger partial charge in [0.2, 0.25) is 0 Å². The molecule has 1 saturated heterocycles. The zero-order chi connectivity index (χ0) is 26.9. The number of ether oxygens (including phenoxy) is 2. The van der Waals surface area contributed by atoms with Gasteiger partial charge in [-0.05, 0) is 57.1 Å². The predicted molar refractivity (Wildman–Crippen MR) is 145 cm³/mol. The highest BCUT2D eigenvalue weighted by Gasteiger charge is 2.16. The van der Waals surface area contributed by atoms with Gasteiger partial charge in [-0.1, -0.05) is 18.9 Å². The summed E-state index contributed by atoms with van der Waals surface area (Å²) in [6, 6.07) is 8.18. The molecule has 0 spiro atoms. The monoisotopic (exact) mass is 510 g/mol. The Balaban J connectivity index is 0.000000260. The maximum atomic E-state index is 11.1. The van der Waals surface area contributed by atoms with E-state index >= 15 is 0 Å². The Morgan fingerprint density at radius 3 is 2.70 bits per heavy atom. The quantitative estimate of drug-likeness (QED) is 0.267. The molecular weight excluding hydrogens is 472 g/mol. The van der Waals surface area contributed by atoms with E-state index in [1.165, 1.54) is 6.20 Å². The third kappa shape index (κ3) is 11.2. The van der Waals surface area contributed by atoms with Gasteiger partial charge in [-0.15, -0.1) is 0 Å². The van der Waals surface area contributed by atoms with E-state index in [1.807, 2.05) is 38.2 Å². The first-order valence-corrected chi connectivity index (χ1v) is 12.6. The number of unbranched alkanes of at least 4 members (excludes halogenated alkanes) is 1.